The van der Waals surface area contributed by atoms with Crippen molar-refractivity contribution in [1.82, 2.24) is 9.21 Å². The molecule has 0 spiro atoms. The number of rotatable bonds is 6. The van der Waals surface area contributed by atoms with E-state index >= 15 is 0 Å². The largest absolute Gasteiger partial charge is 0.336 e. The zero-order chi connectivity index (χ0) is 22.8. The number of nitrogens with zero attached hydrogens (tertiary/aromatic N) is 2. The highest BCUT2D eigenvalue weighted by molar-refractivity contribution is 8.02. The molecule has 0 aliphatic carbocycles. The van der Waals surface area contributed by atoms with Gasteiger partial charge in [0.15, 0.2) is 9.84 Å². The third-order valence-electron chi connectivity index (χ3n) is 5.71. The molecule has 7 nitrogen and oxygen atoms in total. The number of benzene rings is 2. The number of amides is 1. The Hall–Kier alpha value is -1.88. The molecule has 0 N–H and O–H groups in total. The van der Waals surface area contributed by atoms with E-state index in [1.807, 2.05) is 30.3 Å². The number of hydrogen-bond donors (Lipinski definition) is 0. The molecule has 2 aromatic carbocycles. The molecule has 10 heteroatoms. The highest BCUT2D eigenvalue weighted by Gasteiger charge is 2.32. The van der Waals surface area contributed by atoms with Crippen LogP contribution in [0.15, 0.2) is 59.5 Å². The topological polar surface area (TPSA) is 91.8 Å². The van der Waals surface area contributed by atoms with Crippen LogP contribution in [0.25, 0.3) is 0 Å². The predicted molar refractivity (Wildman–Crippen MR) is 126 cm³/mol. The third-order valence-corrected chi connectivity index (χ3v) is 10.9. The quantitative estimate of drug-likeness (QED) is 0.612. The van der Waals surface area contributed by atoms with Gasteiger partial charge in [-0.25, -0.2) is 16.8 Å². The summed E-state index contributed by atoms with van der Waals surface area (Å²) in [6.07, 6.45) is 0.591. The second kappa shape index (κ2) is 9.54. The van der Waals surface area contributed by atoms with E-state index < -0.39 is 19.9 Å². The molecule has 0 saturated carbocycles. The lowest BCUT2D eigenvalue weighted by molar-refractivity contribution is 0.0694. The van der Waals surface area contributed by atoms with Crippen molar-refractivity contribution in [2.75, 3.05) is 37.7 Å². The first kappa shape index (κ1) is 23.3. The number of piperazine rings is 1. The van der Waals surface area contributed by atoms with Gasteiger partial charge in [0, 0.05) is 36.3 Å². The molecule has 0 unspecified atom stereocenters. The highest BCUT2D eigenvalue weighted by Crippen LogP contribution is 2.33. The SMILES string of the molecule is O=C(c1ccccc1S[C@@H]1CCS(=O)(=O)C1)N1CCN(S(=O)(=O)Cc2ccccc2)CC1. The van der Waals surface area contributed by atoms with Crippen molar-refractivity contribution < 1.29 is 21.6 Å². The first-order valence-corrected chi connectivity index (χ1v) is 14.8. The van der Waals surface area contributed by atoms with Gasteiger partial charge < -0.3 is 4.90 Å². The van der Waals surface area contributed by atoms with Crippen LogP contribution in [0.4, 0.5) is 0 Å². The smallest absolute Gasteiger partial charge is 0.255 e. The number of carbonyl (C=O) groups excluding carboxylic acids is 1. The van der Waals surface area contributed by atoms with Gasteiger partial charge in [0.25, 0.3) is 5.91 Å². The number of thioether (sulfide) groups is 1. The van der Waals surface area contributed by atoms with Gasteiger partial charge in [-0.1, -0.05) is 42.5 Å². The van der Waals surface area contributed by atoms with Crippen LogP contribution in [-0.4, -0.2) is 74.9 Å². The third kappa shape index (κ3) is 5.54. The Labute approximate surface area is 193 Å². The van der Waals surface area contributed by atoms with E-state index in [0.29, 0.717) is 25.1 Å². The van der Waals surface area contributed by atoms with Gasteiger partial charge in [-0.3, -0.25) is 4.79 Å². The van der Waals surface area contributed by atoms with Crippen molar-refractivity contribution in [1.29, 1.82) is 0 Å². The summed E-state index contributed by atoms with van der Waals surface area (Å²) in [5.41, 5.74) is 1.29. The molecule has 1 atom stereocenters. The Balaban J connectivity index is 1.40. The van der Waals surface area contributed by atoms with Gasteiger partial charge in [0.2, 0.25) is 10.0 Å². The highest BCUT2D eigenvalue weighted by atomic mass is 32.2. The minimum atomic E-state index is -3.45. The van der Waals surface area contributed by atoms with E-state index in [0.717, 1.165) is 10.5 Å². The van der Waals surface area contributed by atoms with Crippen LogP contribution >= 0.6 is 11.8 Å². The molecular formula is C22H26N2O5S3. The number of sulfone groups is 1. The lowest BCUT2D eigenvalue weighted by Crippen LogP contribution is -2.50. The monoisotopic (exact) mass is 494 g/mol. The lowest BCUT2D eigenvalue weighted by Gasteiger charge is -2.34. The summed E-state index contributed by atoms with van der Waals surface area (Å²) in [5.74, 6) is 0.137. The Bertz CT molecular complexity index is 1180. The fourth-order valence-corrected chi connectivity index (χ4v) is 9.13. The van der Waals surface area contributed by atoms with Crippen LogP contribution in [0.1, 0.15) is 22.3 Å². The molecule has 2 fully saturated rings. The van der Waals surface area contributed by atoms with E-state index in [-0.39, 0.29) is 41.5 Å². The average molecular weight is 495 g/mol. The zero-order valence-electron chi connectivity index (χ0n) is 17.6. The van der Waals surface area contributed by atoms with Gasteiger partial charge in [-0.15, -0.1) is 11.8 Å². The Kier molecular flexibility index (Phi) is 6.94. The standard InChI is InChI=1S/C22H26N2O5S3/c25-22(20-8-4-5-9-21(20)30-19-10-15-31(26,27)17-19)23-11-13-24(14-12-23)32(28,29)16-18-6-2-1-3-7-18/h1-9,19H,10-17H2/t19-/m1/s1. The second-order valence-corrected chi connectivity index (χ2v) is 13.6. The Morgan fingerprint density at radius 2 is 1.62 bits per heavy atom. The van der Waals surface area contributed by atoms with Crippen LogP contribution in [0.2, 0.25) is 0 Å². The van der Waals surface area contributed by atoms with Gasteiger partial charge in [0.05, 0.1) is 22.8 Å². The molecule has 0 radical (unpaired) electrons. The summed E-state index contributed by atoms with van der Waals surface area (Å²) >= 11 is 1.45. The molecule has 32 heavy (non-hydrogen) atoms. The Morgan fingerprint density at radius 1 is 0.969 bits per heavy atom. The fraction of sp³-hybridized carbons (Fsp3) is 0.409. The van der Waals surface area contributed by atoms with Crippen molar-refractivity contribution in [3.05, 3.63) is 65.7 Å². The van der Waals surface area contributed by atoms with Gasteiger partial charge in [-0.2, -0.15) is 4.31 Å². The molecule has 2 aliphatic heterocycles. The molecule has 2 aromatic rings. The molecular weight excluding hydrogens is 468 g/mol. The number of carbonyl (C=O) groups is 1. The number of hydrogen-bond acceptors (Lipinski definition) is 6. The van der Waals surface area contributed by atoms with E-state index in [1.54, 1.807) is 29.2 Å². The average Bonchev–Trinajstić information content (AvgIpc) is 3.12. The molecule has 172 valence electrons. The van der Waals surface area contributed by atoms with E-state index in [1.165, 1.54) is 16.1 Å². The van der Waals surface area contributed by atoms with E-state index in [4.69, 9.17) is 0 Å². The van der Waals surface area contributed by atoms with Crippen LogP contribution in [0.5, 0.6) is 0 Å². The molecule has 2 heterocycles. The molecule has 1 amide bonds. The fourth-order valence-electron chi connectivity index (χ4n) is 4.00. The summed E-state index contributed by atoms with van der Waals surface area (Å²) in [6.45, 7) is 1.17. The molecule has 0 aromatic heterocycles. The molecule has 4 rings (SSSR count). The molecule has 0 bridgehead atoms. The van der Waals surface area contributed by atoms with Crippen LogP contribution in [-0.2, 0) is 25.6 Å². The summed E-state index contributed by atoms with van der Waals surface area (Å²) in [4.78, 5) is 15.7. The summed E-state index contributed by atoms with van der Waals surface area (Å²) in [7, 11) is -6.44. The normalized spacial score (nSPS) is 21.5. The lowest BCUT2D eigenvalue weighted by atomic mass is 10.2. The van der Waals surface area contributed by atoms with Crippen molar-refractivity contribution >= 4 is 37.5 Å². The van der Waals surface area contributed by atoms with Crippen LogP contribution in [0.3, 0.4) is 0 Å². The van der Waals surface area contributed by atoms with Crippen molar-refractivity contribution in [2.24, 2.45) is 0 Å². The van der Waals surface area contributed by atoms with E-state index in [9.17, 15) is 21.6 Å². The molecule has 2 aliphatic rings. The minimum Gasteiger partial charge on any atom is -0.336 e. The van der Waals surface area contributed by atoms with Crippen molar-refractivity contribution in [3.63, 3.8) is 0 Å². The van der Waals surface area contributed by atoms with Crippen LogP contribution < -0.4 is 0 Å². The maximum atomic E-state index is 13.2. The van der Waals surface area contributed by atoms with Crippen molar-refractivity contribution in [2.45, 2.75) is 22.3 Å². The maximum Gasteiger partial charge on any atom is 0.255 e. The minimum absolute atomic E-state index is 0.0473. The summed E-state index contributed by atoms with van der Waals surface area (Å²) < 4.78 is 50.6. The Morgan fingerprint density at radius 3 is 2.28 bits per heavy atom. The molecule has 2 saturated heterocycles. The van der Waals surface area contributed by atoms with E-state index in [2.05, 4.69) is 0 Å². The van der Waals surface area contributed by atoms with Crippen LogP contribution in [0, 0.1) is 0 Å². The second-order valence-electron chi connectivity index (χ2n) is 8.07. The van der Waals surface area contributed by atoms with Crippen molar-refractivity contribution in [3.8, 4) is 0 Å². The predicted octanol–water partition coefficient (Wildman–Crippen LogP) is 2.25. The van der Waals surface area contributed by atoms with Gasteiger partial charge >= 0.3 is 0 Å². The summed E-state index contributed by atoms with van der Waals surface area (Å²) in [5, 5.41) is -0.0473. The van der Waals surface area contributed by atoms with Gasteiger partial charge in [0.1, 0.15) is 0 Å². The van der Waals surface area contributed by atoms with Gasteiger partial charge in [-0.05, 0) is 24.1 Å². The summed E-state index contributed by atoms with van der Waals surface area (Å²) in [6, 6.07) is 16.3. The zero-order valence-corrected chi connectivity index (χ0v) is 20.0. The maximum absolute atomic E-state index is 13.2. The number of sulfonamides is 1. The first-order valence-electron chi connectivity index (χ1n) is 10.5. The first-order chi connectivity index (χ1) is 15.2.